The Labute approximate surface area is 140 Å². The molecule has 0 atom stereocenters. The van der Waals surface area contributed by atoms with Gasteiger partial charge in [0.05, 0.1) is 0 Å². The summed E-state index contributed by atoms with van der Waals surface area (Å²) in [6, 6.07) is 0. The predicted octanol–water partition coefficient (Wildman–Crippen LogP) is 3.94. The van der Waals surface area contributed by atoms with E-state index in [1.165, 1.54) is 0 Å². The molecular formula is C17H34N2O4. The van der Waals surface area contributed by atoms with Crippen molar-refractivity contribution in [2.45, 2.75) is 78.9 Å². The van der Waals surface area contributed by atoms with E-state index in [1.54, 1.807) is 4.90 Å². The molecule has 0 rings (SSSR count). The Kier molecular flexibility index (Phi) is 9.02. The monoisotopic (exact) mass is 330 g/mol. The highest BCUT2D eigenvalue weighted by atomic mass is 16.6. The molecule has 0 radical (unpaired) electrons. The van der Waals surface area contributed by atoms with Crippen LogP contribution in [-0.4, -0.2) is 47.9 Å². The van der Waals surface area contributed by atoms with Crippen molar-refractivity contribution in [2.24, 2.45) is 0 Å². The molecule has 0 saturated heterocycles. The van der Waals surface area contributed by atoms with Crippen LogP contribution in [0.15, 0.2) is 0 Å². The smallest absolute Gasteiger partial charge is 0.410 e. The number of nitrogens with one attached hydrogen (secondary N) is 1. The van der Waals surface area contributed by atoms with Crippen molar-refractivity contribution in [3.05, 3.63) is 0 Å². The Bertz CT molecular complexity index is 370. The van der Waals surface area contributed by atoms with Crippen LogP contribution in [0.4, 0.5) is 9.59 Å². The lowest BCUT2D eigenvalue weighted by atomic mass is 10.2. The molecule has 1 N–H and O–H groups in total. The van der Waals surface area contributed by atoms with Gasteiger partial charge in [-0.2, -0.15) is 0 Å². The summed E-state index contributed by atoms with van der Waals surface area (Å²) in [7, 11) is 0. The SMILES string of the molecule is CCCCN(CCCNC(=O)OC(C)(C)C)C(=O)OC(C)(C)C. The van der Waals surface area contributed by atoms with Gasteiger partial charge in [0.1, 0.15) is 11.2 Å². The first-order valence-corrected chi connectivity index (χ1v) is 8.39. The molecule has 0 aliphatic rings. The summed E-state index contributed by atoms with van der Waals surface area (Å²) in [6.45, 7) is 14.8. The van der Waals surface area contributed by atoms with Crippen LogP contribution in [0.25, 0.3) is 0 Å². The molecule has 0 heterocycles. The van der Waals surface area contributed by atoms with Crippen LogP contribution >= 0.6 is 0 Å². The summed E-state index contributed by atoms with van der Waals surface area (Å²) in [5.74, 6) is 0. The first-order chi connectivity index (χ1) is 10.4. The first kappa shape index (κ1) is 21.5. The van der Waals surface area contributed by atoms with Gasteiger partial charge in [-0.15, -0.1) is 0 Å². The second-order valence-electron chi connectivity index (χ2n) is 7.60. The Hall–Kier alpha value is -1.46. The molecule has 0 aromatic rings. The largest absolute Gasteiger partial charge is 0.444 e. The van der Waals surface area contributed by atoms with Gasteiger partial charge in [0.2, 0.25) is 0 Å². The quantitative estimate of drug-likeness (QED) is 0.718. The summed E-state index contributed by atoms with van der Waals surface area (Å²) in [6.07, 6.45) is 1.86. The molecule has 2 amide bonds. The average Bonchev–Trinajstić information content (AvgIpc) is 2.33. The highest BCUT2D eigenvalue weighted by molar-refractivity contribution is 5.68. The van der Waals surface area contributed by atoms with Gasteiger partial charge in [0, 0.05) is 19.6 Å². The average molecular weight is 330 g/mol. The van der Waals surface area contributed by atoms with Crippen molar-refractivity contribution in [2.75, 3.05) is 19.6 Å². The van der Waals surface area contributed by atoms with Crippen LogP contribution in [0.3, 0.4) is 0 Å². The fourth-order valence-corrected chi connectivity index (χ4v) is 1.74. The zero-order valence-electron chi connectivity index (χ0n) is 15.8. The van der Waals surface area contributed by atoms with E-state index in [-0.39, 0.29) is 6.09 Å². The zero-order chi connectivity index (χ0) is 18.1. The molecule has 0 unspecified atom stereocenters. The third kappa shape index (κ3) is 12.7. The number of unbranched alkanes of at least 4 members (excludes halogenated alkanes) is 1. The minimum Gasteiger partial charge on any atom is -0.444 e. The number of hydrogen-bond donors (Lipinski definition) is 1. The fourth-order valence-electron chi connectivity index (χ4n) is 1.74. The number of alkyl carbamates (subject to hydrolysis) is 1. The molecule has 0 fully saturated rings. The second-order valence-corrected chi connectivity index (χ2v) is 7.60. The number of nitrogens with zero attached hydrogens (tertiary/aromatic N) is 1. The molecule has 0 saturated carbocycles. The minimum absolute atomic E-state index is 0.303. The number of rotatable bonds is 7. The van der Waals surface area contributed by atoms with Gasteiger partial charge in [-0.05, 0) is 54.4 Å². The van der Waals surface area contributed by atoms with Crippen molar-refractivity contribution < 1.29 is 19.1 Å². The molecule has 0 bridgehead atoms. The van der Waals surface area contributed by atoms with E-state index in [0.717, 1.165) is 12.8 Å². The van der Waals surface area contributed by atoms with Crippen LogP contribution in [0.2, 0.25) is 0 Å². The molecule has 23 heavy (non-hydrogen) atoms. The van der Waals surface area contributed by atoms with Gasteiger partial charge in [0.15, 0.2) is 0 Å². The second kappa shape index (κ2) is 9.63. The van der Waals surface area contributed by atoms with Gasteiger partial charge >= 0.3 is 12.2 Å². The van der Waals surface area contributed by atoms with Crippen molar-refractivity contribution in [1.82, 2.24) is 10.2 Å². The molecule has 0 aromatic carbocycles. The summed E-state index contributed by atoms with van der Waals surface area (Å²) in [5.41, 5.74) is -1.01. The van der Waals surface area contributed by atoms with E-state index >= 15 is 0 Å². The summed E-state index contributed by atoms with van der Waals surface area (Å²) in [4.78, 5) is 25.4. The summed E-state index contributed by atoms with van der Waals surface area (Å²) in [5, 5.41) is 2.70. The molecule has 6 nitrogen and oxygen atoms in total. The Morgan fingerprint density at radius 2 is 1.43 bits per heavy atom. The number of carbonyl (C=O) groups excluding carboxylic acids is 2. The normalized spacial score (nSPS) is 11.8. The molecule has 0 aliphatic heterocycles. The number of amides is 2. The highest BCUT2D eigenvalue weighted by Gasteiger charge is 2.21. The van der Waals surface area contributed by atoms with E-state index in [2.05, 4.69) is 12.2 Å². The summed E-state index contributed by atoms with van der Waals surface area (Å²) < 4.78 is 10.6. The van der Waals surface area contributed by atoms with Crippen molar-refractivity contribution in [3.8, 4) is 0 Å². The molecule has 0 aromatic heterocycles. The highest BCUT2D eigenvalue weighted by Crippen LogP contribution is 2.11. The van der Waals surface area contributed by atoms with Crippen molar-refractivity contribution in [3.63, 3.8) is 0 Å². The maximum atomic E-state index is 12.2. The van der Waals surface area contributed by atoms with E-state index < -0.39 is 17.3 Å². The van der Waals surface area contributed by atoms with E-state index in [9.17, 15) is 9.59 Å². The molecular weight excluding hydrogens is 296 g/mol. The fraction of sp³-hybridized carbons (Fsp3) is 0.882. The van der Waals surface area contributed by atoms with Crippen molar-refractivity contribution in [1.29, 1.82) is 0 Å². The van der Waals surface area contributed by atoms with E-state index in [4.69, 9.17) is 9.47 Å². The Balaban J connectivity index is 4.25. The first-order valence-electron chi connectivity index (χ1n) is 8.39. The van der Waals surface area contributed by atoms with Crippen LogP contribution in [0.1, 0.15) is 67.7 Å². The predicted molar refractivity (Wildman–Crippen MR) is 91.6 cm³/mol. The third-order valence-corrected chi connectivity index (χ3v) is 2.71. The lowest BCUT2D eigenvalue weighted by Gasteiger charge is -2.27. The molecule has 0 aliphatic carbocycles. The third-order valence-electron chi connectivity index (χ3n) is 2.71. The maximum absolute atomic E-state index is 12.2. The molecule has 136 valence electrons. The molecule has 6 heteroatoms. The van der Waals surface area contributed by atoms with Crippen LogP contribution in [-0.2, 0) is 9.47 Å². The molecule has 0 spiro atoms. The van der Waals surface area contributed by atoms with Gasteiger partial charge in [-0.1, -0.05) is 13.3 Å². The van der Waals surface area contributed by atoms with E-state index in [1.807, 2.05) is 41.5 Å². The van der Waals surface area contributed by atoms with Gasteiger partial charge in [-0.3, -0.25) is 0 Å². The Morgan fingerprint density at radius 3 is 1.91 bits per heavy atom. The number of ether oxygens (including phenoxy) is 2. The maximum Gasteiger partial charge on any atom is 0.410 e. The lowest BCUT2D eigenvalue weighted by molar-refractivity contribution is 0.0245. The Morgan fingerprint density at radius 1 is 0.913 bits per heavy atom. The van der Waals surface area contributed by atoms with Gasteiger partial charge in [0.25, 0.3) is 0 Å². The number of hydrogen-bond acceptors (Lipinski definition) is 4. The lowest BCUT2D eigenvalue weighted by Crippen LogP contribution is -2.39. The topological polar surface area (TPSA) is 67.9 Å². The standard InChI is InChI=1S/C17H34N2O4/c1-8-9-12-19(15(21)23-17(5,6)7)13-10-11-18-14(20)22-16(2,3)4/h8-13H2,1-7H3,(H,18,20). The zero-order valence-corrected chi connectivity index (χ0v) is 15.8. The summed E-state index contributed by atoms with van der Waals surface area (Å²) >= 11 is 0. The van der Waals surface area contributed by atoms with Crippen LogP contribution in [0, 0.1) is 0 Å². The minimum atomic E-state index is -0.506. The van der Waals surface area contributed by atoms with Crippen LogP contribution in [0.5, 0.6) is 0 Å². The van der Waals surface area contributed by atoms with Gasteiger partial charge in [-0.25, -0.2) is 9.59 Å². The van der Waals surface area contributed by atoms with Gasteiger partial charge < -0.3 is 19.7 Å². The van der Waals surface area contributed by atoms with Crippen molar-refractivity contribution >= 4 is 12.2 Å². The van der Waals surface area contributed by atoms with Crippen LogP contribution < -0.4 is 5.32 Å². The number of carbonyl (C=O) groups is 2. The van der Waals surface area contributed by atoms with E-state index in [0.29, 0.717) is 26.1 Å².